The molecule has 0 aliphatic carbocycles. The second-order valence-corrected chi connectivity index (χ2v) is 8.46. The van der Waals surface area contributed by atoms with E-state index in [4.69, 9.17) is 9.47 Å². The number of nitrogens with zero attached hydrogens (tertiary/aromatic N) is 3. The molecular formula is C22H24N4O3S. The lowest BCUT2D eigenvalue weighted by atomic mass is 9.74. The normalized spacial score (nSPS) is 15.6. The molecule has 156 valence electrons. The van der Waals surface area contributed by atoms with Crippen molar-refractivity contribution in [2.75, 3.05) is 25.6 Å². The molecule has 1 aromatic carbocycles. The van der Waals surface area contributed by atoms with Crippen LogP contribution in [0, 0.1) is 5.41 Å². The number of carbonyl (C=O) groups excluding carboxylic acids is 1. The highest BCUT2D eigenvalue weighted by Crippen LogP contribution is 2.37. The first-order valence-electron chi connectivity index (χ1n) is 9.88. The maximum atomic E-state index is 13.3. The van der Waals surface area contributed by atoms with E-state index in [0.717, 1.165) is 21.7 Å². The van der Waals surface area contributed by atoms with Crippen molar-refractivity contribution in [1.29, 1.82) is 0 Å². The highest BCUT2D eigenvalue weighted by atomic mass is 32.1. The molecule has 1 aliphatic heterocycles. The van der Waals surface area contributed by atoms with Gasteiger partial charge in [-0.2, -0.15) is 0 Å². The maximum Gasteiger partial charge on any atom is 0.232 e. The van der Waals surface area contributed by atoms with Crippen molar-refractivity contribution >= 4 is 22.4 Å². The largest absolute Gasteiger partial charge is 0.381 e. The summed E-state index contributed by atoms with van der Waals surface area (Å²) < 4.78 is 10.6. The number of rotatable bonds is 7. The topological polar surface area (TPSA) is 86.2 Å². The minimum absolute atomic E-state index is 0.0276. The van der Waals surface area contributed by atoms with Crippen LogP contribution in [0.1, 0.15) is 23.4 Å². The molecule has 0 bridgehead atoms. The number of carbonyl (C=O) groups is 1. The smallest absolute Gasteiger partial charge is 0.232 e. The van der Waals surface area contributed by atoms with E-state index in [-0.39, 0.29) is 5.91 Å². The van der Waals surface area contributed by atoms with Crippen molar-refractivity contribution < 1.29 is 14.3 Å². The Labute approximate surface area is 179 Å². The second-order valence-electron chi connectivity index (χ2n) is 7.39. The van der Waals surface area contributed by atoms with Gasteiger partial charge in [0, 0.05) is 32.7 Å². The molecule has 30 heavy (non-hydrogen) atoms. The fraction of sp³-hybridized carbons (Fsp3) is 0.364. The summed E-state index contributed by atoms with van der Waals surface area (Å²) in [6, 6.07) is 12.3. The summed E-state index contributed by atoms with van der Waals surface area (Å²) in [5.74, 6) is -0.0276. The first-order valence-corrected chi connectivity index (χ1v) is 10.7. The summed E-state index contributed by atoms with van der Waals surface area (Å²) in [6.45, 7) is 1.53. The van der Waals surface area contributed by atoms with E-state index in [2.05, 4.69) is 38.7 Å². The molecule has 0 unspecified atom stereocenters. The summed E-state index contributed by atoms with van der Waals surface area (Å²) in [5, 5.41) is 12.4. The van der Waals surface area contributed by atoms with Crippen LogP contribution in [0.5, 0.6) is 0 Å². The van der Waals surface area contributed by atoms with Crippen molar-refractivity contribution in [2.24, 2.45) is 5.41 Å². The van der Waals surface area contributed by atoms with Gasteiger partial charge in [-0.25, -0.2) is 0 Å². The number of hydrogen-bond donors (Lipinski definition) is 1. The van der Waals surface area contributed by atoms with Crippen LogP contribution >= 0.6 is 11.3 Å². The Hall–Kier alpha value is -2.68. The molecule has 0 spiro atoms. The number of methoxy groups -OCH3 is 1. The third-order valence-corrected chi connectivity index (χ3v) is 6.18. The number of benzene rings is 1. The molecule has 0 radical (unpaired) electrons. The standard InChI is InChI=1S/C22H24N4O3S/c1-28-15-19-25-26-21(30-19)24-20(27)22(7-11-29-12-8-22)14-16-3-2-4-18(13-16)17-5-9-23-10-6-17/h2-6,9-10,13H,7-8,11-12,14-15H2,1H3,(H,24,26,27). The molecule has 3 aromatic rings. The monoisotopic (exact) mass is 424 g/mol. The fourth-order valence-corrected chi connectivity index (χ4v) is 4.46. The van der Waals surface area contributed by atoms with Gasteiger partial charge >= 0.3 is 0 Å². The van der Waals surface area contributed by atoms with E-state index < -0.39 is 5.41 Å². The molecule has 7 nitrogen and oxygen atoms in total. The molecule has 3 heterocycles. The third kappa shape index (κ3) is 4.72. The third-order valence-electron chi connectivity index (χ3n) is 5.37. The van der Waals surface area contributed by atoms with E-state index >= 15 is 0 Å². The van der Waals surface area contributed by atoms with Crippen molar-refractivity contribution in [3.63, 3.8) is 0 Å². The molecule has 1 N–H and O–H groups in total. The van der Waals surface area contributed by atoms with Gasteiger partial charge in [-0.15, -0.1) is 10.2 Å². The van der Waals surface area contributed by atoms with Crippen molar-refractivity contribution in [2.45, 2.75) is 25.9 Å². The van der Waals surface area contributed by atoms with Crippen LogP contribution in [0.15, 0.2) is 48.8 Å². The fourth-order valence-electron chi connectivity index (χ4n) is 3.76. The number of anilines is 1. The van der Waals surface area contributed by atoms with Gasteiger partial charge in [-0.1, -0.05) is 35.6 Å². The lowest BCUT2D eigenvalue weighted by Crippen LogP contribution is -2.42. The van der Waals surface area contributed by atoms with E-state index in [1.54, 1.807) is 19.5 Å². The predicted octanol–water partition coefficient (Wildman–Crippen LogP) is 3.72. The summed E-state index contributed by atoms with van der Waals surface area (Å²) in [6.07, 6.45) is 5.56. The van der Waals surface area contributed by atoms with Gasteiger partial charge < -0.3 is 14.8 Å². The Morgan fingerprint density at radius 1 is 1.17 bits per heavy atom. The van der Waals surface area contributed by atoms with E-state index in [1.807, 2.05) is 18.2 Å². The molecule has 8 heteroatoms. The molecular weight excluding hydrogens is 400 g/mol. The maximum absolute atomic E-state index is 13.3. The summed E-state index contributed by atoms with van der Waals surface area (Å²) in [7, 11) is 1.61. The molecule has 0 saturated carbocycles. The van der Waals surface area contributed by atoms with Crippen LogP contribution < -0.4 is 5.32 Å². The van der Waals surface area contributed by atoms with Crippen LogP contribution in [0.3, 0.4) is 0 Å². The number of ether oxygens (including phenoxy) is 2. The number of hydrogen-bond acceptors (Lipinski definition) is 7. The zero-order valence-electron chi connectivity index (χ0n) is 16.8. The van der Waals surface area contributed by atoms with Gasteiger partial charge in [0.15, 0.2) is 0 Å². The molecule has 0 atom stereocenters. The van der Waals surface area contributed by atoms with Crippen LogP contribution in [-0.2, 0) is 27.3 Å². The van der Waals surface area contributed by atoms with Gasteiger partial charge in [0.2, 0.25) is 11.0 Å². The minimum Gasteiger partial charge on any atom is -0.381 e. The predicted molar refractivity (Wildman–Crippen MR) is 115 cm³/mol. The van der Waals surface area contributed by atoms with Crippen molar-refractivity contribution in [1.82, 2.24) is 15.2 Å². The summed E-state index contributed by atoms with van der Waals surface area (Å²) in [5.41, 5.74) is 2.81. The molecule has 2 aromatic heterocycles. The van der Waals surface area contributed by atoms with Gasteiger partial charge in [-0.05, 0) is 48.1 Å². The van der Waals surface area contributed by atoms with Crippen molar-refractivity contribution in [3.05, 3.63) is 59.4 Å². The van der Waals surface area contributed by atoms with Crippen LogP contribution in [0.2, 0.25) is 0 Å². The lowest BCUT2D eigenvalue weighted by Gasteiger charge is -2.35. The number of amides is 1. The Morgan fingerprint density at radius 2 is 1.97 bits per heavy atom. The van der Waals surface area contributed by atoms with Crippen LogP contribution in [0.25, 0.3) is 11.1 Å². The zero-order chi connectivity index (χ0) is 20.8. The molecule has 1 saturated heterocycles. The quantitative estimate of drug-likeness (QED) is 0.622. The number of pyridine rings is 1. The Balaban J connectivity index is 1.55. The first-order chi connectivity index (χ1) is 14.7. The first kappa shape index (κ1) is 20.6. The van der Waals surface area contributed by atoms with Crippen LogP contribution in [0.4, 0.5) is 5.13 Å². The molecule has 1 amide bonds. The molecule has 1 fully saturated rings. The van der Waals surface area contributed by atoms with Gasteiger partial charge in [0.05, 0.1) is 5.41 Å². The number of nitrogens with one attached hydrogen (secondary N) is 1. The Bertz CT molecular complexity index is 987. The molecule has 4 rings (SSSR count). The zero-order valence-corrected chi connectivity index (χ0v) is 17.7. The number of aromatic nitrogens is 3. The second kappa shape index (κ2) is 9.42. The Morgan fingerprint density at radius 3 is 2.73 bits per heavy atom. The van der Waals surface area contributed by atoms with Gasteiger partial charge in [0.25, 0.3) is 0 Å². The van der Waals surface area contributed by atoms with Gasteiger partial charge in [0.1, 0.15) is 11.6 Å². The summed E-state index contributed by atoms with van der Waals surface area (Å²) >= 11 is 1.34. The van der Waals surface area contributed by atoms with E-state index in [0.29, 0.717) is 44.2 Å². The molecule has 1 aliphatic rings. The average molecular weight is 425 g/mol. The minimum atomic E-state index is -0.539. The van der Waals surface area contributed by atoms with Crippen molar-refractivity contribution in [3.8, 4) is 11.1 Å². The van der Waals surface area contributed by atoms with E-state index in [1.165, 1.54) is 11.3 Å². The SMILES string of the molecule is COCc1nnc(NC(=O)C2(Cc3cccc(-c4ccncc4)c3)CCOCC2)s1. The average Bonchev–Trinajstić information content (AvgIpc) is 3.22. The van der Waals surface area contributed by atoms with Gasteiger partial charge in [-0.3, -0.25) is 9.78 Å². The highest BCUT2D eigenvalue weighted by Gasteiger charge is 2.40. The lowest BCUT2D eigenvalue weighted by molar-refractivity contribution is -0.131. The van der Waals surface area contributed by atoms with E-state index in [9.17, 15) is 4.79 Å². The highest BCUT2D eigenvalue weighted by molar-refractivity contribution is 7.15. The summed E-state index contributed by atoms with van der Waals surface area (Å²) in [4.78, 5) is 17.4. The Kier molecular flexibility index (Phi) is 6.47. The van der Waals surface area contributed by atoms with Crippen LogP contribution in [-0.4, -0.2) is 41.4 Å².